The first-order valence-corrected chi connectivity index (χ1v) is 7.89. The second-order valence-electron chi connectivity index (χ2n) is 5.99. The zero-order chi connectivity index (χ0) is 12.7. The van der Waals surface area contributed by atoms with Gasteiger partial charge < -0.3 is 4.74 Å². The summed E-state index contributed by atoms with van der Waals surface area (Å²) in [7, 11) is 1.77. The maximum Gasteiger partial charge on any atom is 0.123 e. The summed E-state index contributed by atoms with van der Waals surface area (Å²) in [6, 6.07) is 6.51. The Balaban J connectivity index is 1.87. The van der Waals surface area contributed by atoms with E-state index in [9.17, 15) is 0 Å². The van der Waals surface area contributed by atoms with Gasteiger partial charge in [0.2, 0.25) is 0 Å². The van der Waals surface area contributed by atoms with Gasteiger partial charge in [-0.25, -0.2) is 0 Å². The van der Waals surface area contributed by atoms with Crippen molar-refractivity contribution in [2.45, 2.75) is 37.4 Å². The SMILES string of the molecule is COc1ccc(C)cc1C(Br)C1CC2CCC1C2. The number of hydrogen-bond acceptors (Lipinski definition) is 1. The number of aryl methyl sites for hydroxylation is 1. The van der Waals surface area contributed by atoms with Gasteiger partial charge in [-0.2, -0.15) is 0 Å². The molecule has 1 nitrogen and oxygen atoms in total. The monoisotopic (exact) mass is 308 g/mol. The van der Waals surface area contributed by atoms with Gasteiger partial charge in [0, 0.05) is 10.4 Å². The molecule has 2 saturated carbocycles. The largest absolute Gasteiger partial charge is 0.496 e. The summed E-state index contributed by atoms with van der Waals surface area (Å²) in [5.74, 6) is 3.77. The summed E-state index contributed by atoms with van der Waals surface area (Å²) < 4.78 is 5.53. The molecule has 0 N–H and O–H groups in total. The van der Waals surface area contributed by atoms with Crippen molar-refractivity contribution in [3.8, 4) is 5.75 Å². The number of halogens is 1. The molecule has 18 heavy (non-hydrogen) atoms. The Labute approximate surface area is 118 Å². The first kappa shape index (κ1) is 12.5. The molecule has 4 atom stereocenters. The van der Waals surface area contributed by atoms with E-state index >= 15 is 0 Å². The van der Waals surface area contributed by atoms with E-state index in [1.807, 2.05) is 0 Å². The van der Waals surface area contributed by atoms with E-state index in [2.05, 4.69) is 41.1 Å². The smallest absolute Gasteiger partial charge is 0.123 e. The maximum absolute atomic E-state index is 5.53. The van der Waals surface area contributed by atoms with Crippen LogP contribution in [-0.4, -0.2) is 7.11 Å². The van der Waals surface area contributed by atoms with Crippen LogP contribution < -0.4 is 4.74 Å². The average Bonchev–Trinajstić information content (AvgIpc) is 3.00. The Bertz CT molecular complexity index is 443. The van der Waals surface area contributed by atoms with Crippen LogP contribution in [0.5, 0.6) is 5.75 Å². The fraction of sp³-hybridized carbons (Fsp3) is 0.625. The summed E-state index contributed by atoms with van der Waals surface area (Å²) in [6.45, 7) is 2.16. The molecule has 0 aromatic heterocycles. The van der Waals surface area contributed by atoms with Crippen LogP contribution in [0, 0.1) is 24.7 Å². The van der Waals surface area contributed by atoms with E-state index in [-0.39, 0.29) is 0 Å². The molecular weight excluding hydrogens is 288 g/mol. The van der Waals surface area contributed by atoms with Crippen molar-refractivity contribution in [3.05, 3.63) is 29.3 Å². The highest BCUT2D eigenvalue weighted by atomic mass is 79.9. The molecule has 0 aliphatic heterocycles. The molecule has 0 spiro atoms. The molecule has 2 aliphatic rings. The minimum atomic E-state index is 0.461. The Morgan fingerprint density at radius 2 is 2.11 bits per heavy atom. The molecule has 0 heterocycles. The fourth-order valence-electron chi connectivity index (χ4n) is 3.95. The summed E-state index contributed by atoms with van der Waals surface area (Å²) >= 11 is 3.96. The number of alkyl halides is 1. The number of methoxy groups -OCH3 is 1. The molecule has 0 amide bonds. The van der Waals surface area contributed by atoms with Crippen molar-refractivity contribution in [2.24, 2.45) is 17.8 Å². The van der Waals surface area contributed by atoms with Crippen molar-refractivity contribution in [1.82, 2.24) is 0 Å². The van der Waals surface area contributed by atoms with Crippen LogP contribution in [0.4, 0.5) is 0 Å². The summed E-state index contributed by atoms with van der Waals surface area (Å²) in [6.07, 6.45) is 5.76. The third-order valence-electron chi connectivity index (χ3n) is 4.85. The van der Waals surface area contributed by atoms with Crippen LogP contribution in [-0.2, 0) is 0 Å². The number of benzene rings is 1. The van der Waals surface area contributed by atoms with Crippen molar-refractivity contribution in [3.63, 3.8) is 0 Å². The molecule has 4 unspecified atom stereocenters. The molecule has 3 rings (SSSR count). The van der Waals surface area contributed by atoms with Gasteiger partial charge in [-0.15, -0.1) is 0 Å². The van der Waals surface area contributed by atoms with Gasteiger partial charge in [0.15, 0.2) is 0 Å². The predicted octanol–water partition coefficient (Wildman–Crippen LogP) is 4.88. The zero-order valence-electron chi connectivity index (χ0n) is 11.2. The van der Waals surface area contributed by atoms with Gasteiger partial charge in [0.1, 0.15) is 5.75 Å². The van der Waals surface area contributed by atoms with Gasteiger partial charge in [-0.3, -0.25) is 0 Å². The number of hydrogen-bond donors (Lipinski definition) is 0. The molecule has 1 aromatic rings. The van der Waals surface area contributed by atoms with E-state index < -0.39 is 0 Å². The predicted molar refractivity (Wildman–Crippen MR) is 78.3 cm³/mol. The molecule has 0 radical (unpaired) electrons. The minimum Gasteiger partial charge on any atom is -0.496 e. The minimum absolute atomic E-state index is 0.461. The van der Waals surface area contributed by atoms with Crippen LogP contribution >= 0.6 is 15.9 Å². The van der Waals surface area contributed by atoms with Gasteiger partial charge in [0.25, 0.3) is 0 Å². The van der Waals surface area contributed by atoms with Crippen molar-refractivity contribution in [2.75, 3.05) is 7.11 Å². The molecule has 98 valence electrons. The van der Waals surface area contributed by atoms with Gasteiger partial charge in [-0.05, 0) is 50.0 Å². The Hall–Kier alpha value is -0.500. The normalized spacial score (nSPS) is 31.6. The lowest BCUT2D eigenvalue weighted by molar-refractivity contribution is 0.323. The molecule has 1 aromatic carbocycles. The quantitative estimate of drug-likeness (QED) is 0.723. The van der Waals surface area contributed by atoms with Crippen molar-refractivity contribution < 1.29 is 4.74 Å². The molecule has 2 aliphatic carbocycles. The first-order chi connectivity index (χ1) is 8.69. The van der Waals surface area contributed by atoms with Gasteiger partial charge in [-0.1, -0.05) is 40.0 Å². The van der Waals surface area contributed by atoms with E-state index in [1.54, 1.807) is 7.11 Å². The van der Waals surface area contributed by atoms with Crippen LogP contribution in [0.1, 0.15) is 41.6 Å². The fourth-order valence-corrected chi connectivity index (χ4v) is 4.96. The Morgan fingerprint density at radius 1 is 1.28 bits per heavy atom. The second-order valence-corrected chi connectivity index (χ2v) is 6.97. The summed E-state index contributed by atoms with van der Waals surface area (Å²) in [5.41, 5.74) is 2.66. The lowest BCUT2D eigenvalue weighted by Crippen LogP contribution is -2.16. The summed E-state index contributed by atoms with van der Waals surface area (Å²) in [4.78, 5) is 0.461. The molecule has 2 heteroatoms. The second kappa shape index (κ2) is 4.88. The van der Waals surface area contributed by atoms with Crippen LogP contribution in [0.25, 0.3) is 0 Å². The highest BCUT2D eigenvalue weighted by molar-refractivity contribution is 9.09. The van der Waals surface area contributed by atoms with Crippen LogP contribution in [0.3, 0.4) is 0 Å². The Morgan fingerprint density at radius 3 is 2.72 bits per heavy atom. The molecular formula is C16H21BrO. The highest BCUT2D eigenvalue weighted by Crippen LogP contribution is 2.55. The topological polar surface area (TPSA) is 9.23 Å². The number of fused-ring (bicyclic) bond motifs is 2. The zero-order valence-corrected chi connectivity index (χ0v) is 12.7. The molecule has 2 bridgehead atoms. The summed E-state index contributed by atoms with van der Waals surface area (Å²) in [5, 5.41) is 0. The number of ether oxygens (including phenoxy) is 1. The standard InChI is InChI=1S/C16H21BrO/c1-10-3-6-15(18-2)14(7-10)16(17)13-9-11-4-5-12(13)8-11/h3,6-7,11-13,16H,4-5,8-9H2,1-2H3. The lowest BCUT2D eigenvalue weighted by Gasteiger charge is -2.28. The molecule has 2 fully saturated rings. The van der Waals surface area contributed by atoms with E-state index in [0.29, 0.717) is 4.83 Å². The van der Waals surface area contributed by atoms with E-state index in [1.165, 1.54) is 36.8 Å². The third-order valence-corrected chi connectivity index (χ3v) is 6.02. The number of rotatable bonds is 3. The van der Waals surface area contributed by atoms with Crippen molar-refractivity contribution in [1.29, 1.82) is 0 Å². The highest BCUT2D eigenvalue weighted by Gasteiger charge is 2.43. The van der Waals surface area contributed by atoms with E-state index in [0.717, 1.165) is 23.5 Å². The average molecular weight is 309 g/mol. The van der Waals surface area contributed by atoms with Crippen molar-refractivity contribution >= 4 is 15.9 Å². The maximum atomic E-state index is 5.53. The van der Waals surface area contributed by atoms with Gasteiger partial charge >= 0.3 is 0 Å². The van der Waals surface area contributed by atoms with Crippen LogP contribution in [0.15, 0.2) is 18.2 Å². The first-order valence-electron chi connectivity index (χ1n) is 6.97. The molecule has 0 saturated heterocycles. The third kappa shape index (κ3) is 2.09. The van der Waals surface area contributed by atoms with E-state index in [4.69, 9.17) is 4.74 Å². The van der Waals surface area contributed by atoms with Crippen LogP contribution in [0.2, 0.25) is 0 Å². The lowest BCUT2D eigenvalue weighted by atomic mass is 9.83. The van der Waals surface area contributed by atoms with Gasteiger partial charge in [0.05, 0.1) is 7.11 Å². The Kier molecular flexibility index (Phi) is 3.40.